The van der Waals surface area contributed by atoms with Crippen molar-refractivity contribution in [3.63, 3.8) is 0 Å². The molecule has 11 heteroatoms. The predicted octanol–water partition coefficient (Wildman–Crippen LogP) is 7.13. The Hall–Kier alpha value is -4.48. The Kier molecular flexibility index (Phi) is 17.2. The van der Waals surface area contributed by atoms with Gasteiger partial charge in [-0.25, -0.2) is 0 Å². The zero-order valence-electron chi connectivity index (χ0n) is 39.1. The van der Waals surface area contributed by atoms with E-state index in [0.717, 1.165) is 47.4 Å². The molecule has 0 amide bonds. The SMILES string of the molecule is C=Cc1c2[n-]c(c1C)/C=C1\[N-]C(C3=c4[n-]/c(c(C)c4C(=O)[C@@H]3C(=O)OC)=C\c3[n-]c(/c(=C\O)c3CC)=C\2)[C@@H](CCC(=O)OC/C=C(\C)CCC[C@H](C)CCC[C@H](C)CCC)[C@@H]1C.[Mg+2]. The average Bonchev–Trinajstić information content (AvgIpc) is 4.00. The van der Waals surface area contributed by atoms with E-state index in [1.807, 2.05) is 45.1 Å². The van der Waals surface area contributed by atoms with Crippen LogP contribution in [0.2, 0.25) is 0 Å². The molecule has 3 aromatic rings. The van der Waals surface area contributed by atoms with Gasteiger partial charge in [-0.3, -0.25) is 14.4 Å². The van der Waals surface area contributed by atoms with Gasteiger partial charge in [0.25, 0.3) is 0 Å². The summed E-state index contributed by atoms with van der Waals surface area (Å²) in [5.41, 5.74) is 7.98. The number of carbonyl (C=O) groups excluding carboxylic acids is 3. The van der Waals surface area contributed by atoms with Crippen LogP contribution in [0.1, 0.15) is 155 Å². The largest absolute Gasteiger partial charge is 2.00 e. The van der Waals surface area contributed by atoms with Crippen molar-refractivity contribution in [1.82, 2.24) is 15.0 Å². The Bertz CT molecular complexity index is 2500. The third-order valence-corrected chi connectivity index (χ3v) is 13.7. The van der Waals surface area contributed by atoms with Crippen LogP contribution in [0.5, 0.6) is 0 Å². The number of ketones is 1. The van der Waals surface area contributed by atoms with Crippen molar-refractivity contribution in [2.75, 3.05) is 13.7 Å². The second kappa shape index (κ2) is 21.9. The van der Waals surface area contributed by atoms with Crippen molar-refractivity contribution >= 4 is 76.9 Å². The van der Waals surface area contributed by atoms with Gasteiger partial charge in [0.1, 0.15) is 12.5 Å². The van der Waals surface area contributed by atoms with Gasteiger partial charge >= 0.3 is 35.0 Å². The fraction of sp³-hybridized carbons (Fsp3) is 0.519. The molecule has 6 rings (SSSR count). The molecule has 1 aliphatic carbocycles. The normalized spacial score (nSPS) is 22.2. The summed E-state index contributed by atoms with van der Waals surface area (Å²) in [5, 5.41) is 17.8. The van der Waals surface area contributed by atoms with E-state index in [4.69, 9.17) is 29.7 Å². The van der Waals surface area contributed by atoms with E-state index in [1.165, 1.54) is 51.2 Å². The van der Waals surface area contributed by atoms with E-state index in [-0.39, 0.29) is 59.7 Å². The van der Waals surface area contributed by atoms with Crippen LogP contribution in [0.25, 0.3) is 41.5 Å². The maximum atomic E-state index is 14.4. The summed E-state index contributed by atoms with van der Waals surface area (Å²) in [6.07, 6.45) is 21.4. The van der Waals surface area contributed by atoms with E-state index in [1.54, 1.807) is 6.08 Å². The van der Waals surface area contributed by atoms with Gasteiger partial charge in [0.05, 0.1) is 13.4 Å². The minimum atomic E-state index is -1.22. The van der Waals surface area contributed by atoms with E-state index < -0.39 is 17.9 Å². The first-order valence-corrected chi connectivity index (χ1v) is 22.8. The predicted molar refractivity (Wildman–Crippen MR) is 253 cm³/mol. The summed E-state index contributed by atoms with van der Waals surface area (Å²) >= 11 is 0. The Morgan fingerprint density at radius 3 is 2.29 bits per heavy atom. The third-order valence-electron chi connectivity index (χ3n) is 13.7. The number of carbonyl (C=O) groups is 3. The molecule has 3 aliphatic rings. The van der Waals surface area contributed by atoms with Crippen molar-refractivity contribution in [2.24, 2.45) is 29.6 Å². The van der Waals surface area contributed by atoms with Crippen LogP contribution in [-0.2, 0) is 25.5 Å². The number of aliphatic hydroxyl groups is 1. The summed E-state index contributed by atoms with van der Waals surface area (Å²) < 4.78 is 11.0. The Balaban J connectivity index is 0.00000748. The summed E-state index contributed by atoms with van der Waals surface area (Å²) in [6.45, 7) is 21.3. The minimum absolute atomic E-state index is 0. The molecule has 1 saturated heterocycles. The van der Waals surface area contributed by atoms with Crippen LogP contribution in [0.3, 0.4) is 0 Å². The molecule has 334 valence electrons. The average molecular weight is 867 g/mol. The van der Waals surface area contributed by atoms with Crippen molar-refractivity contribution in [2.45, 2.75) is 132 Å². The standard InChI is InChI=1S/C52H66N4O6.Mg/c1-11-16-29(4)17-14-18-30(5)19-15-20-31(6)23-24-62-45(58)22-21-37-33(8)40-25-39-32(7)35(12-2)42(53-39)27-44-38(28-57)36(13-3)43(54-44)26-41-34(9)46-50(56-41)47(49(37)55-40)48(51(46)59)52(60)61-10;/h12,23,25-30,33,37,48-49H,2,11,13-22,24H2,1,3-10H3,(H,57,59);/q-4;+2/b31-23+,40-25-,44-27-;/t29-,30-,33+,37+,48-,49?;/m1./s1. The van der Waals surface area contributed by atoms with Crippen molar-refractivity contribution < 1.29 is 29.0 Å². The number of esters is 2. The molecule has 6 atom stereocenters. The molecule has 63 heavy (non-hydrogen) atoms. The Morgan fingerprint density at radius 1 is 0.921 bits per heavy atom. The number of Topliss-reactive ketones (excluding diaryl/α,β-unsaturated/α-hetero) is 1. The zero-order chi connectivity index (χ0) is 44.8. The van der Waals surface area contributed by atoms with E-state index >= 15 is 0 Å². The zero-order valence-corrected chi connectivity index (χ0v) is 40.5. The van der Waals surface area contributed by atoms with Crippen LogP contribution in [-0.4, -0.2) is 65.6 Å². The Labute approximate surface area is 389 Å². The quantitative estimate of drug-likeness (QED) is 0.0611. The Morgan fingerprint density at radius 2 is 1.62 bits per heavy atom. The molecular formula is C52H66MgN4O6-2. The molecule has 1 fully saturated rings. The second-order valence-corrected chi connectivity index (χ2v) is 18.0. The number of fused-ring (bicyclic) bond motifs is 8. The summed E-state index contributed by atoms with van der Waals surface area (Å²) in [6, 6.07) is -0.650. The van der Waals surface area contributed by atoms with Gasteiger partial charge in [0.15, 0.2) is 5.78 Å². The fourth-order valence-corrected chi connectivity index (χ4v) is 9.91. The monoisotopic (exact) mass is 866 g/mol. The molecule has 10 nitrogen and oxygen atoms in total. The molecule has 2 aliphatic heterocycles. The van der Waals surface area contributed by atoms with Crippen LogP contribution in [0, 0.1) is 43.4 Å². The maximum absolute atomic E-state index is 14.4. The van der Waals surface area contributed by atoms with Crippen LogP contribution in [0.4, 0.5) is 0 Å². The molecule has 3 aromatic heterocycles. The molecule has 0 radical (unpaired) electrons. The summed E-state index contributed by atoms with van der Waals surface area (Å²) in [4.78, 5) is 56.4. The van der Waals surface area contributed by atoms with Gasteiger partial charge in [-0.05, 0) is 87.0 Å². The number of aromatic nitrogens is 3. The van der Waals surface area contributed by atoms with Gasteiger partial charge in [0, 0.05) is 12.0 Å². The number of allylic oxidation sites excluding steroid dienone is 2. The van der Waals surface area contributed by atoms with E-state index in [2.05, 4.69) is 41.2 Å². The minimum Gasteiger partial charge on any atom is -0.681 e. The first-order chi connectivity index (χ1) is 29.8. The van der Waals surface area contributed by atoms with E-state index in [0.29, 0.717) is 73.8 Å². The molecule has 8 bridgehead atoms. The second-order valence-electron chi connectivity index (χ2n) is 18.0. The number of aliphatic hydroxyl groups excluding tert-OH is 1. The van der Waals surface area contributed by atoms with Gasteiger partial charge < -0.3 is 34.8 Å². The first-order valence-electron chi connectivity index (χ1n) is 22.8. The molecule has 0 spiro atoms. The number of methoxy groups -OCH3 is 1. The van der Waals surface area contributed by atoms with Crippen molar-refractivity contribution in [3.05, 3.63) is 95.4 Å². The molecule has 1 unspecified atom stereocenters. The molecule has 0 saturated carbocycles. The van der Waals surface area contributed by atoms with Crippen LogP contribution < -0.4 is 36.2 Å². The number of ether oxygens (including phenoxy) is 2. The van der Waals surface area contributed by atoms with Gasteiger partial charge in [-0.1, -0.05) is 138 Å². The van der Waals surface area contributed by atoms with Gasteiger partial charge in [0.2, 0.25) is 0 Å². The number of hydrogen-bond acceptors (Lipinski definition) is 6. The van der Waals surface area contributed by atoms with Gasteiger partial charge in [-0.2, -0.15) is 5.70 Å². The first kappa shape index (κ1) is 49.5. The summed E-state index contributed by atoms with van der Waals surface area (Å²) in [7, 11) is 1.28. The fourth-order valence-electron chi connectivity index (χ4n) is 9.91. The number of hydrogen-bond donors (Lipinski definition) is 1. The third kappa shape index (κ3) is 10.6. The molecule has 1 N–H and O–H groups in total. The van der Waals surface area contributed by atoms with Gasteiger partial charge in [-0.15, -0.1) is 33.1 Å². The van der Waals surface area contributed by atoms with Crippen LogP contribution >= 0.6 is 0 Å². The molecule has 5 heterocycles. The van der Waals surface area contributed by atoms with Crippen molar-refractivity contribution in [3.8, 4) is 0 Å². The summed E-state index contributed by atoms with van der Waals surface area (Å²) in [5.74, 6) is -1.50. The molecule has 0 aromatic carbocycles. The smallest absolute Gasteiger partial charge is 0.681 e. The maximum Gasteiger partial charge on any atom is 2.00 e. The molecular weight excluding hydrogens is 801 g/mol. The van der Waals surface area contributed by atoms with Crippen molar-refractivity contribution in [1.29, 1.82) is 0 Å². The number of nitrogens with zero attached hydrogens (tertiary/aromatic N) is 4. The number of rotatable bonds is 18. The van der Waals surface area contributed by atoms with Crippen LogP contribution in [0.15, 0.2) is 23.9 Å². The van der Waals surface area contributed by atoms with E-state index in [9.17, 15) is 19.5 Å². The topological polar surface area (TPSA) is 146 Å².